The van der Waals surface area contributed by atoms with E-state index in [0.29, 0.717) is 43.3 Å². The van der Waals surface area contributed by atoms with Gasteiger partial charge in [-0.15, -0.1) is 0 Å². The third kappa shape index (κ3) is 5.24. The van der Waals surface area contributed by atoms with Crippen LogP contribution in [0.25, 0.3) is 10.2 Å². The van der Waals surface area contributed by atoms with Gasteiger partial charge < -0.3 is 4.74 Å². The molecule has 27 heavy (non-hydrogen) atoms. The molecule has 0 bridgehead atoms. The van der Waals surface area contributed by atoms with Crippen molar-refractivity contribution in [3.63, 3.8) is 0 Å². The Labute approximate surface area is 161 Å². The number of alkyl halides is 2. The van der Waals surface area contributed by atoms with E-state index in [2.05, 4.69) is 10.3 Å². The van der Waals surface area contributed by atoms with Gasteiger partial charge in [-0.3, -0.25) is 14.9 Å². The standard InChI is InChI=1S/C18H14F2N2O3S2/c1-10(23)11-2-4-12(5-3-11)25-9-16(24)22-18-21-14-7-6-13(26-17(19)20)8-15(14)27-18/h2-8,17H,9H2,1H3,(H,21,22,24). The number of ketones is 1. The molecule has 0 fully saturated rings. The van der Waals surface area contributed by atoms with Gasteiger partial charge >= 0.3 is 0 Å². The highest BCUT2D eigenvalue weighted by Crippen LogP contribution is 2.32. The van der Waals surface area contributed by atoms with Crippen LogP contribution in [0.15, 0.2) is 47.4 Å². The van der Waals surface area contributed by atoms with E-state index in [9.17, 15) is 18.4 Å². The van der Waals surface area contributed by atoms with Crippen LogP contribution in [0.2, 0.25) is 0 Å². The largest absolute Gasteiger partial charge is 0.484 e. The number of nitrogens with zero attached hydrogens (tertiary/aromatic N) is 1. The molecule has 0 saturated heterocycles. The SMILES string of the molecule is CC(=O)c1ccc(OCC(=O)Nc2nc3ccc(SC(F)F)cc3s2)cc1. The maximum Gasteiger partial charge on any atom is 0.288 e. The van der Waals surface area contributed by atoms with Gasteiger partial charge in [0, 0.05) is 10.5 Å². The molecule has 2 aromatic carbocycles. The highest BCUT2D eigenvalue weighted by molar-refractivity contribution is 7.99. The third-order valence-electron chi connectivity index (χ3n) is 3.46. The third-order valence-corrected chi connectivity index (χ3v) is 5.10. The number of rotatable bonds is 7. The van der Waals surface area contributed by atoms with E-state index in [1.54, 1.807) is 42.5 Å². The van der Waals surface area contributed by atoms with Crippen molar-refractivity contribution < 1.29 is 23.1 Å². The summed E-state index contributed by atoms with van der Waals surface area (Å²) in [4.78, 5) is 27.9. The normalized spacial score (nSPS) is 11.0. The zero-order valence-corrected chi connectivity index (χ0v) is 15.7. The quantitative estimate of drug-likeness (QED) is 0.448. The zero-order valence-electron chi connectivity index (χ0n) is 14.1. The highest BCUT2D eigenvalue weighted by atomic mass is 32.2. The molecular formula is C18H14F2N2O3S2. The number of ether oxygens (including phenoxy) is 1. The number of amides is 1. The van der Waals surface area contributed by atoms with E-state index in [0.717, 1.165) is 0 Å². The molecule has 0 aliphatic rings. The van der Waals surface area contributed by atoms with Crippen molar-refractivity contribution in [1.82, 2.24) is 4.98 Å². The van der Waals surface area contributed by atoms with Crippen LogP contribution in [0.3, 0.4) is 0 Å². The number of Topliss-reactive ketones (excluding diaryl/α,β-unsaturated/α-hetero) is 1. The fraction of sp³-hybridized carbons (Fsp3) is 0.167. The molecule has 3 rings (SSSR count). The summed E-state index contributed by atoms with van der Waals surface area (Å²) < 4.78 is 31.0. The van der Waals surface area contributed by atoms with Gasteiger partial charge in [0.15, 0.2) is 17.5 Å². The van der Waals surface area contributed by atoms with Gasteiger partial charge in [0.25, 0.3) is 11.7 Å². The molecule has 0 unspecified atom stereocenters. The van der Waals surface area contributed by atoms with Crippen molar-refractivity contribution >= 4 is 50.1 Å². The van der Waals surface area contributed by atoms with Crippen LogP contribution >= 0.6 is 23.1 Å². The maximum absolute atomic E-state index is 12.4. The number of thioether (sulfide) groups is 1. The van der Waals surface area contributed by atoms with Crippen LogP contribution in [-0.2, 0) is 4.79 Å². The number of carbonyl (C=O) groups excluding carboxylic acids is 2. The van der Waals surface area contributed by atoms with Crippen molar-refractivity contribution in [2.24, 2.45) is 0 Å². The second-order valence-electron chi connectivity index (χ2n) is 5.44. The Hall–Kier alpha value is -2.52. The number of thiazole rings is 1. The Balaban J connectivity index is 1.59. The summed E-state index contributed by atoms with van der Waals surface area (Å²) in [5.74, 6) is -2.47. The van der Waals surface area contributed by atoms with Gasteiger partial charge in [-0.2, -0.15) is 8.78 Å². The van der Waals surface area contributed by atoms with Gasteiger partial charge in [0.1, 0.15) is 5.75 Å². The summed E-state index contributed by atoms with van der Waals surface area (Å²) in [6, 6.07) is 11.3. The molecule has 1 amide bonds. The summed E-state index contributed by atoms with van der Waals surface area (Å²) in [7, 11) is 0. The van der Waals surface area contributed by atoms with Crippen molar-refractivity contribution in [3.05, 3.63) is 48.0 Å². The predicted octanol–water partition coefficient (Wildman–Crippen LogP) is 4.83. The number of fused-ring (bicyclic) bond motifs is 1. The molecule has 0 radical (unpaired) electrons. The lowest BCUT2D eigenvalue weighted by Crippen LogP contribution is -2.20. The molecule has 1 heterocycles. The molecule has 0 aliphatic carbocycles. The lowest BCUT2D eigenvalue weighted by Gasteiger charge is -2.06. The first-order chi connectivity index (χ1) is 12.9. The van der Waals surface area contributed by atoms with Gasteiger partial charge in [-0.1, -0.05) is 23.1 Å². The number of benzene rings is 2. The smallest absolute Gasteiger partial charge is 0.288 e. The first-order valence-corrected chi connectivity index (χ1v) is 9.49. The minimum atomic E-state index is -2.49. The van der Waals surface area contributed by atoms with Gasteiger partial charge in [-0.25, -0.2) is 4.98 Å². The van der Waals surface area contributed by atoms with E-state index in [1.807, 2.05) is 0 Å². The van der Waals surface area contributed by atoms with Crippen LogP contribution < -0.4 is 10.1 Å². The predicted molar refractivity (Wildman–Crippen MR) is 102 cm³/mol. The number of hydrogen-bond acceptors (Lipinski definition) is 6. The molecule has 0 saturated carbocycles. The summed E-state index contributed by atoms with van der Waals surface area (Å²) >= 11 is 1.66. The van der Waals surface area contributed by atoms with Crippen molar-refractivity contribution in [1.29, 1.82) is 0 Å². The molecule has 5 nitrogen and oxygen atoms in total. The molecule has 0 aliphatic heterocycles. The van der Waals surface area contributed by atoms with Crippen LogP contribution in [0.5, 0.6) is 5.75 Å². The average molecular weight is 408 g/mol. The number of carbonyl (C=O) groups is 2. The van der Waals surface area contributed by atoms with Crippen LogP contribution in [-0.4, -0.2) is 29.0 Å². The van der Waals surface area contributed by atoms with E-state index in [-0.39, 0.29) is 12.4 Å². The lowest BCUT2D eigenvalue weighted by molar-refractivity contribution is -0.118. The highest BCUT2D eigenvalue weighted by Gasteiger charge is 2.11. The summed E-state index contributed by atoms with van der Waals surface area (Å²) in [6.07, 6.45) is 0. The Morgan fingerprint density at radius 3 is 2.63 bits per heavy atom. The van der Waals surface area contributed by atoms with E-state index in [1.165, 1.54) is 18.3 Å². The Kier molecular flexibility index (Phi) is 6.02. The second kappa shape index (κ2) is 8.45. The van der Waals surface area contributed by atoms with Crippen LogP contribution in [0, 0.1) is 0 Å². The van der Waals surface area contributed by atoms with Gasteiger partial charge in [-0.05, 0) is 49.4 Å². The fourth-order valence-corrected chi connectivity index (χ4v) is 3.76. The van der Waals surface area contributed by atoms with Crippen molar-refractivity contribution in [2.75, 3.05) is 11.9 Å². The van der Waals surface area contributed by atoms with E-state index < -0.39 is 11.7 Å². The van der Waals surface area contributed by atoms with Crippen LogP contribution in [0.1, 0.15) is 17.3 Å². The van der Waals surface area contributed by atoms with Crippen molar-refractivity contribution in [2.45, 2.75) is 17.6 Å². The van der Waals surface area contributed by atoms with E-state index in [4.69, 9.17) is 4.74 Å². The molecular weight excluding hydrogens is 394 g/mol. The first-order valence-electron chi connectivity index (χ1n) is 7.80. The zero-order chi connectivity index (χ0) is 19.4. The molecule has 3 aromatic rings. The molecule has 0 spiro atoms. The molecule has 9 heteroatoms. The molecule has 0 atom stereocenters. The number of nitrogens with one attached hydrogen (secondary N) is 1. The van der Waals surface area contributed by atoms with Gasteiger partial charge in [0.05, 0.1) is 10.2 Å². The van der Waals surface area contributed by atoms with Crippen molar-refractivity contribution in [3.8, 4) is 5.75 Å². The maximum atomic E-state index is 12.4. The van der Waals surface area contributed by atoms with Gasteiger partial charge in [0.2, 0.25) is 0 Å². The van der Waals surface area contributed by atoms with E-state index >= 15 is 0 Å². The number of hydrogen-bond donors (Lipinski definition) is 1. The molecule has 1 aromatic heterocycles. The molecule has 1 N–H and O–H groups in total. The summed E-state index contributed by atoms with van der Waals surface area (Å²) in [5.41, 5.74) is 1.18. The number of anilines is 1. The summed E-state index contributed by atoms with van der Waals surface area (Å²) in [6.45, 7) is 1.25. The first kappa shape index (κ1) is 19.2. The lowest BCUT2D eigenvalue weighted by atomic mass is 10.1. The monoisotopic (exact) mass is 408 g/mol. The minimum Gasteiger partial charge on any atom is -0.484 e. The number of halogens is 2. The topological polar surface area (TPSA) is 68.3 Å². The van der Waals surface area contributed by atoms with Crippen LogP contribution in [0.4, 0.5) is 13.9 Å². The molecule has 140 valence electrons. The fourth-order valence-electron chi connectivity index (χ4n) is 2.22. The Bertz CT molecular complexity index is 974. The second-order valence-corrected chi connectivity index (χ2v) is 7.54. The Morgan fingerprint density at radius 1 is 1.22 bits per heavy atom. The summed E-state index contributed by atoms with van der Waals surface area (Å²) in [5, 5.41) is 2.99. The minimum absolute atomic E-state index is 0.0507. The average Bonchev–Trinajstić information content (AvgIpc) is 3.01. The number of aromatic nitrogens is 1. The Morgan fingerprint density at radius 2 is 1.96 bits per heavy atom.